The lowest BCUT2D eigenvalue weighted by Gasteiger charge is -2.29. The number of rotatable bonds is 12. The van der Waals surface area contributed by atoms with Crippen LogP contribution >= 0.6 is 0 Å². The molecule has 1 fully saturated rings. The highest BCUT2D eigenvalue weighted by molar-refractivity contribution is 5.68. The lowest BCUT2D eigenvalue weighted by atomic mass is 9.96. The monoisotopic (exact) mass is 512 g/mol. The second-order valence-corrected chi connectivity index (χ2v) is 11.2. The number of aliphatic hydroxyl groups is 1. The number of amides is 1. The van der Waals surface area contributed by atoms with Crippen LogP contribution in [-0.2, 0) is 16.7 Å². The Morgan fingerprint density at radius 2 is 1.95 bits per heavy atom. The third-order valence-electron chi connectivity index (χ3n) is 6.43. The van der Waals surface area contributed by atoms with Crippen LogP contribution in [0.2, 0.25) is 0 Å². The van der Waals surface area contributed by atoms with Crippen molar-refractivity contribution in [3.05, 3.63) is 77.6 Å². The molecule has 0 bridgehead atoms. The van der Waals surface area contributed by atoms with Crippen molar-refractivity contribution in [2.75, 3.05) is 13.2 Å². The molecule has 0 saturated heterocycles. The van der Waals surface area contributed by atoms with Gasteiger partial charge in [0.15, 0.2) is 0 Å². The molecule has 0 heterocycles. The van der Waals surface area contributed by atoms with Gasteiger partial charge in [0.2, 0.25) is 0 Å². The number of benzene rings is 2. The van der Waals surface area contributed by atoms with Crippen LogP contribution in [0.25, 0.3) is 0 Å². The molecule has 1 amide bonds. The molecule has 3 N–H and O–H groups in total. The summed E-state index contributed by atoms with van der Waals surface area (Å²) in [7, 11) is 0. The second-order valence-electron chi connectivity index (χ2n) is 11.2. The van der Waals surface area contributed by atoms with Gasteiger partial charge in [-0.05, 0) is 74.8 Å². The van der Waals surface area contributed by atoms with Crippen LogP contribution < -0.4 is 15.4 Å². The minimum atomic E-state index is -0.945. The van der Waals surface area contributed by atoms with Crippen molar-refractivity contribution in [2.24, 2.45) is 0 Å². The Kier molecular flexibility index (Phi) is 9.37. The van der Waals surface area contributed by atoms with E-state index in [0.717, 1.165) is 12.8 Å². The zero-order chi connectivity index (χ0) is 27.2. The summed E-state index contributed by atoms with van der Waals surface area (Å²) in [5.74, 6) is 0.332. The van der Waals surface area contributed by atoms with Crippen LogP contribution in [0, 0.1) is 5.82 Å². The number of alkyl carbamates (subject to hydrolysis) is 1. The second kappa shape index (κ2) is 12.1. The van der Waals surface area contributed by atoms with Gasteiger partial charge in [0.25, 0.3) is 0 Å². The Bertz CT molecular complexity index is 1080. The number of carbonyl (C=O) groups is 1. The molecule has 202 valence electrons. The smallest absolute Gasteiger partial charge is 0.407 e. The maximum Gasteiger partial charge on any atom is 0.407 e. The van der Waals surface area contributed by atoms with E-state index in [-0.39, 0.29) is 25.1 Å². The van der Waals surface area contributed by atoms with Crippen molar-refractivity contribution >= 4 is 6.09 Å². The van der Waals surface area contributed by atoms with Gasteiger partial charge >= 0.3 is 6.09 Å². The standard InChI is InChI=1S/C30H41FN2O4/c1-7-13-36-25-15-21(14-24(31)18-25)16-26(33-28(35)37-29(4,5)6)27(34)19-32-30(11-12-30)23-10-8-9-22(17-23)20(2)3/h7-10,14-15,17-18,20,26-27,32,34H,1,11-13,16,19H2,2-6H3,(H,33,35)/t26-,27-/m0/s1. The molecule has 1 aliphatic rings. The van der Waals surface area contributed by atoms with Crippen molar-refractivity contribution in [2.45, 2.75) is 83.1 Å². The molecular weight excluding hydrogens is 471 g/mol. The van der Waals surface area contributed by atoms with E-state index in [1.807, 2.05) is 0 Å². The van der Waals surface area contributed by atoms with Crippen molar-refractivity contribution in [3.63, 3.8) is 0 Å². The maximum absolute atomic E-state index is 14.3. The van der Waals surface area contributed by atoms with Crippen molar-refractivity contribution in [3.8, 4) is 5.75 Å². The predicted octanol–water partition coefficient (Wildman–Crippen LogP) is 5.59. The van der Waals surface area contributed by atoms with Crippen molar-refractivity contribution in [1.29, 1.82) is 0 Å². The Morgan fingerprint density at radius 3 is 2.57 bits per heavy atom. The summed E-state index contributed by atoms with van der Waals surface area (Å²) in [6.07, 6.45) is 2.14. The van der Waals surface area contributed by atoms with Gasteiger partial charge in [-0.2, -0.15) is 0 Å². The average molecular weight is 513 g/mol. The fourth-order valence-corrected chi connectivity index (χ4v) is 4.30. The Hall–Kier alpha value is -2.90. The van der Waals surface area contributed by atoms with Gasteiger partial charge in [-0.25, -0.2) is 9.18 Å². The molecular formula is C30H41FN2O4. The van der Waals surface area contributed by atoms with E-state index in [4.69, 9.17) is 9.47 Å². The molecule has 2 atom stereocenters. The molecule has 1 saturated carbocycles. The summed E-state index contributed by atoms with van der Waals surface area (Å²) in [4.78, 5) is 12.6. The van der Waals surface area contributed by atoms with Crippen LogP contribution in [0.1, 0.15) is 70.1 Å². The van der Waals surface area contributed by atoms with Crippen LogP contribution in [0.3, 0.4) is 0 Å². The van der Waals surface area contributed by atoms with Crippen molar-refractivity contribution < 1.29 is 23.8 Å². The number of ether oxygens (including phenoxy) is 2. The Morgan fingerprint density at radius 1 is 1.22 bits per heavy atom. The molecule has 2 aromatic carbocycles. The third-order valence-corrected chi connectivity index (χ3v) is 6.43. The van der Waals surface area contributed by atoms with Gasteiger partial charge < -0.3 is 25.2 Å². The van der Waals surface area contributed by atoms with E-state index < -0.39 is 29.7 Å². The quantitative estimate of drug-likeness (QED) is 0.323. The highest BCUT2D eigenvalue weighted by Gasteiger charge is 2.44. The molecule has 0 aliphatic heterocycles. The summed E-state index contributed by atoms with van der Waals surface area (Å²) < 4.78 is 25.2. The summed E-state index contributed by atoms with van der Waals surface area (Å²) in [6, 6.07) is 12.2. The normalized spacial score (nSPS) is 16.1. The molecule has 7 heteroatoms. The Labute approximate surface area is 220 Å². The number of carbonyl (C=O) groups excluding carboxylic acids is 1. The molecule has 3 rings (SSSR count). The average Bonchev–Trinajstić information content (AvgIpc) is 3.60. The first-order valence-electron chi connectivity index (χ1n) is 13.0. The van der Waals surface area contributed by atoms with E-state index in [1.54, 1.807) is 32.9 Å². The van der Waals surface area contributed by atoms with Gasteiger partial charge in [0.1, 0.15) is 23.8 Å². The largest absolute Gasteiger partial charge is 0.489 e. The van der Waals surface area contributed by atoms with E-state index in [9.17, 15) is 14.3 Å². The zero-order valence-corrected chi connectivity index (χ0v) is 22.6. The fourth-order valence-electron chi connectivity index (χ4n) is 4.30. The molecule has 0 unspecified atom stereocenters. The minimum absolute atomic E-state index is 0.188. The van der Waals surface area contributed by atoms with Gasteiger partial charge in [0, 0.05) is 18.2 Å². The molecule has 2 aromatic rings. The molecule has 0 aromatic heterocycles. The van der Waals surface area contributed by atoms with Gasteiger partial charge in [0.05, 0.1) is 12.1 Å². The van der Waals surface area contributed by atoms with Gasteiger partial charge in [-0.1, -0.05) is 50.8 Å². The summed E-state index contributed by atoms with van der Waals surface area (Å²) in [6.45, 7) is 13.8. The van der Waals surface area contributed by atoms with E-state index >= 15 is 0 Å². The molecule has 0 radical (unpaired) electrons. The van der Waals surface area contributed by atoms with Gasteiger partial charge in [-0.15, -0.1) is 0 Å². The topological polar surface area (TPSA) is 79.8 Å². The summed E-state index contributed by atoms with van der Waals surface area (Å²) >= 11 is 0. The van der Waals surface area contributed by atoms with Gasteiger partial charge in [-0.3, -0.25) is 0 Å². The molecule has 0 spiro atoms. The predicted molar refractivity (Wildman–Crippen MR) is 144 cm³/mol. The number of aliphatic hydroxyl groups excluding tert-OH is 1. The summed E-state index contributed by atoms with van der Waals surface area (Å²) in [5.41, 5.74) is 2.19. The van der Waals surface area contributed by atoms with E-state index in [0.29, 0.717) is 17.2 Å². The summed E-state index contributed by atoms with van der Waals surface area (Å²) in [5, 5.41) is 17.5. The minimum Gasteiger partial charge on any atom is -0.489 e. The van der Waals surface area contributed by atoms with Crippen LogP contribution in [0.15, 0.2) is 55.1 Å². The number of hydrogen-bond acceptors (Lipinski definition) is 5. The van der Waals surface area contributed by atoms with E-state index in [1.165, 1.54) is 23.3 Å². The highest BCUT2D eigenvalue weighted by Crippen LogP contribution is 2.46. The SMILES string of the molecule is C=CCOc1cc(F)cc(C[C@H](NC(=O)OC(C)(C)C)[C@@H](O)CNC2(c3cccc(C(C)C)c3)CC2)c1. The first kappa shape index (κ1) is 28.7. The van der Waals surface area contributed by atoms with Crippen LogP contribution in [0.4, 0.5) is 9.18 Å². The third kappa shape index (κ3) is 8.58. The lowest BCUT2D eigenvalue weighted by Crippen LogP contribution is -2.51. The first-order valence-corrected chi connectivity index (χ1v) is 13.0. The molecule has 6 nitrogen and oxygen atoms in total. The number of hydrogen-bond donors (Lipinski definition) is 3. The fraction of sp³-hybridized carbons (Fsp3) is 0.500. The van der Waals surface area contributed by atoms with Crippen molar-refractivity contribution in [1.82, 2.24) is 10.6 Å². The zero-order valence-electron chi connectivity index (χ0n) is 22.6. The van der Waals surface area contributed by atoms with E-state index in [2.05, 4.69) is 55.3 Å². The molecule has 37 heavy (non-hydrogen) atoms. The molecule has 1 aliphatic carbocycles. The number of nitrogens with one attached hydrogen (secondary N) is 2. The van der Waals surface area contributed by atoms with Crippen LogP contribution in [0.5, 0.6) is 5.75 Å². The maximum atomic E-state index is 14.3. The van der Waals surface area contributed by atoms with Crippen LogP contribution in [-0.4, -0.2) is 42.1 Å². The number of halogens is 1. The first-order chi connectivity index (χ1) is 17.4. The lowest BCUT2D eigenvalue weighted by molar-refractivity contribution is 0.0419. The Balaban J connectivity index is 1.75. The highest BCUT2D eigenvalue weighted by atomic mass is 19.1.